The first-order valence-electron chi connectivity index (χ1n) is 8.76. The number of nitrogens with zero attached hydrogens (tertiary/aromatic N) is 4. The van der Waals surface area contributed by atoms with Crippen molar-refractivity contribution < 1.29 is 9.18 Å². The third kappa shape index (κ3) is 3.35. The number of carbonyl (C=O) groups is 1. The van der Waals surface area contributed by atoms with E-state index < -0.39 is 0 Å². The first kappa shape index (κ1) is 17.7. The summed E-state index contributed by atoms with van der Waals surface area (Å²) >= 11 is 1.38. The first-order chi connectivity index (χ1) is 13.0. The van der Waals surface area contributed by atoms with Crippen molar-refractivity contribution in [1.29, 1.82) is 0 Å². The van der Waals surface area contributed by atoms with Crippen LogP contribution < -0.4 is 4.90 Å². The Hall–Kier alpha value is -2.67. The molecule has 4 rings (SSSR count). The van der Waals surface area contributed by atoms with Crippen LogP contribution in [0.5, 0.6) is 0 Å². The highest BCUT2D eigenvalue weighted by Crippen LogP contribution is 2.32. The van der Waals surface area contributed by atoms with Crippen molar-refractivity contribution in [3.63, 3.8) is 0 Å². The summed E-state index contributed by atoms with van der Waals surface area (Å²) in [6, 6.07) is 14.2. The number of aromatic nitrogens is 3. The van der Waals surface area contributed by atoms with Gasteiger partial charge in [-0.05, 0) is 49.2 Å². The van der Waals surface area contributed by atoms with Gasteiger partial charge < -0.3 is 9.47 Å². The van der Waals surface area contributed by atoms with Crippen molar-refractivity contribution >= 4 is 23.4 Å². The molecule has 1 amide bonds. The van der Waals surface area contributed by atoms with Crippen LogP contribution in [0.1, 0.15) is 12.5 Å². The molecule has 1 aliphatic heterocycles. The van der Waals surface area contributed by atoms with Gasteiger partial charge in [-0.15, -0.1) is 10.2 Å². The maximum atomic E-state index is 13.1. The van der Waals surface area contributed by atoms with Gasteiger partial charge in [0.15, 0.2) is 11.0 Å². The van der Waals surface area contributed by atoms with Gasteiger partial charge in [0.2, 0.25) is 5.91 Å². The molecule has 1 aliphatic rings. The van der Waals surface area contributed by atoms with Crippen LogP contribution >= 0.6 is 11.8 Å². The maximum Gasteiger partial charge on any atom is 0.240 e. The highest BCUT2D eigenvalue weighted by Gasteiger charge is 2.29. The molecule has 0 N–H and O–H groups in total. The smallest absolute Gasteiger partial charge is 0.240 e. The third-order valence-corrected chi connectivity index (χ3v) is 5.84. The molecular formula is C20H19FN4OS. The van der Waals surface area contributed by atoms with Gasteiger partial charge in [-0.2, -0.15) is 0 Å². The van der Waals surface area contributed by atoms with E-state index in [9.17, 15) is 9.18 Å². The molecule has 1 aromatic heterocycles. The predicted octanol–water partition coefficient (Wildman–Crippen LogP) is 3.69. The molecular weight excluding hydrogens is 363 g/mol. The molecule has 2 aromatic carbocycles. The molecule has 138 valence electrons. The van der Waals surface area contributed by atoms with E-state index in [0.29, 0.717) is 17.5 Å². The minimum atomic E-state index is -0.292. The number of hydrogen-bond donors (Lipinski definition) is 0. The summed E-state index contributed by atoms with van der Waals surface area (Å²) < 4.78 is 15.0. The average Bonchev–Trinajstić information content (AvgIpc) is 3.26. The van der Waals surface area contributed by atoms with Crippen molar-refractivity contribution in [2.45, 2.75) is 23.8 Å². The number of amides is 1. The number of rotatable bonds is 4. The fourth-order valence-corrected chi connectivity index (χ4v) is 4.14. The predicted molar refractivity (Wildman–Crippen MR) is 104 cm³/mol. The minimum absolute atomic E-state index is 0.0660. The van der Waals surface area contributed by atoms with Crippen LogP contribution in [0.4, 0.5) is 10.1 Å². The van der Waals surface area contributed by atoms with E-state index in [1.807, 2.05) is 41.6 Å². The van der Waals surface area contributed by atoms with E-state index in [1.165, 1.54) is 29.5 Å². The summed E-state index contributed by atoms with van der Waals surface area (Å²) in [7, 11) is 1.85. The van der Waals surface area contributed by atoms with Crippen molar-refractivity contribution in [1.82, 2.24) is 14.8 Å². The summed E-state index contributed by atoms with van der Waals surface area (Å²) in [5, 5.41) is 8.79. The molecule has 2 heterocycles. The van der Waals surface area contributed by atoms with Crippen molar-refractivity contribution in [2.75, 3.05) is 11.4 Å². The molecule has 0 unspecified atom stereocenters. The zero-order chi connectivity index (χ0) is 19.0. The molecule has 0 fully saturated rings. The molecule has 0 saturated heterocycles. The number of fused-ring (bicyclic) bond motifs is 1. The number of anilines is 1. The Kier molecular flexibility index (Phi) is 4.70. The molecule has 0 radical (unpaired) electrons. The maximum absolute atomic E-state index is 13.1. The van der Waals surface area contributed by atoms with Gasteiger partial charge >= 0.3 is 0 Å². The van der Waals surface area contributed by atoms with Gasteiger partial charge in [0, 0.05) is 24.8 Å². The average molecular weight is 382 g/mol. The lowest BCUT2D eigenvalue weighted by Crippen LogP contribution is -2.35. The first-order valence-corrected chi connectivity index (χ1v) is 9.64. The molecule has 5 nitrogen and oxygen atoms in total. The van der Waals surface area contributed by atoms with E-state index in [4.69, 9.17) is 0 Å². The van der Waals surface area contributed by atoms with Crippen LogP contribution in [0.3, 0.4) is 0 Å². The van der Waals surface area contributed by atoms with E-state index in [0.717, 1.165) is 17.7 Å². The Bertz CT molecular complexity index is 986. The molecule has 0 bridgehead atoms. The van der Waals surface area contributed by atoms with Gasteiger partial charge in [-0.3, -0.25) is 4.79 Å². The fourth-order valence-electron chi connectivity index (χ4n) is 3.26. The topological polar surface area (TPSA) is 51.0 Å². The lowest BCUT2D eigenvalue weighted by molar-refractivity contribution is -0.117. The highest BCUT2D eigenvalue weighted by atomic mass is 32.2. The van der Waals surface area contributed by atoms with E-state index in [-0.39, 0.29) is 17.0 Å². The number of benzene rings is 2. The van der Waals surface area contributed by atoms with Crippen LogP contribution in [0.15, 0.2) is 53.7 Å². The van der Waals surface area contributed by atoms with E-state index in [1.54, 1.807) is 12.1 Å². The lowest BCUT2D eigenvalue weighted by atomic mass is 10.2. The second kappa shape index (κ2) is 7.15. The van der Waals surface area contributed by atoms with E-state index >= 15 is 0 Å². The van der Waals surface area contributed by atoms with Crippen molar-refractivity contribution in [2.24, 2.45) is 7.05 Å². The zero-order valence-electron chi connectivity index (χ0n) is 15.1. The number of hydrogen-bond acceptors (Lipinski definition) is 4. The SMILES string of the molecule is C[C@H](Sc1nnc(-c2ccc(F)cc2)n1C)C(=O)N1CCc2ccccc21. The molecule has 3 aromatic rings. The lowest BCUT2D eigenvalue weighted by Gasteiger charge is -2.21. The molecule has 0 aliphatic carbocycles. The van der Waals surface area contributed by atoms with Gasteiger partial charge in [0.05, 0.1) is 5.25 Å². The number of para-hydroxylation sites is 1. The summed E-state index contributed by atoms with van der Waals surface area (Å²) in [6.07, 6.45) is 0.887. The number of thioether (sulfide) groups is 1. The Balaban J connectivity index is 1.51. The van der Waals surface area contributed by atoms with Crippen LogP contribution in [-0.4, -0.2) is 32.5 Å². The Morgan fingerprint density at radius 3 is 2.67 bits per heavy atom. The number of halogens is 1. The second-order valence-corrected chi connectivity index (χ2v) is 7.81. The van der Waals surface area contributed by atoms with Crippen LogP contribution in [-0.2, 0) is 18.3 Å². The quantitative estimate of drug-likeness (QED) is 0.646. The third-order valence-electron chi connectivity index (χ3n) is 4.72. The van der Waals surface area contributed by atoms with Crippen LogP contribution in [0.25, 0.3) is 11.4 Å². The monoisotopic (exact) mass is 382 g/mol. The number of carbonyl (C=O) groups excluding carboxylic acids is 1. The van der Waals surface area contributed by atoms with Crippen LogP contribution in [0.2, 0.25) is 0 Å². The summed E-state index contributed by atoms with van der Waals surface area (Å²) in [5.74, 6) is 0.417. The Labute approximate surface area is 161 Å². The zero-order valence-corrected chi connectivity index (χ0v) is 15.9. The van der Waals surface area contributed by atoms with Gasteiger partial charge in [-0.1, -0.05) is 30.0 Å². The molecule has 0 spiro atoms. The van der Waals surface area contributed by atoms with Crippen molar-refractivity contribution in [3.05, 3.63) is 59.9 Å². The second-order valence-electron chi connectivity index (χ2n) is 6.50. The summed E-state index contributed by atoms with van der Waals surface area (Å²) in [6.45, 7) is 2.60. The largest absolute Gasteiger partial charge is 0.311 e. The molecule has 27 heavy (non-hydrogen) atoms. The van der Waals surface area contributed by atoms with Crippen LogP contribution in [0, 0.1) is 5.82 Å². The minimum Gasteiger partial charge on any atom is -0.311 e. The van der Waals surface area contributed by atoms with Gasteiger partial charge in [0.1, 0.15) is 5.82 Å². The molecule has 0 saturated carbocycles. The molecule has 1 atom stereocenters. The van der Waals surface area contributed by atoms with Gasteiger partial charge in [-0.25, -0.2) is 4.39 Å². The standard InChI is InChI=1S/C20H19FN4OS/c1-13(19(26)25-12-11-14-5-3-4-6-17(14)25)27-20-23-22-18(24(20)2)15-7-9-16(21)10-8-15/h3-10,13H,11-12H2,1-2H3/t13-/m0/s1. The summed E-state index contributed by atoms with van der Waals surface area (Å²) in [5.41, 5.74) is 2.99. The highest BCUT2D eigenvalue weighted by molar-refractivity contribution is 8.00. The fraction of sp³-hybridized carbons (Fsp3) is 0.250. The molecule has 7 heteroatoms. The normalized spacial score (nSPS) is 14.3. The Morgan fingerprint density at radius 1 is 1.15 bits per heavy atom. The van der Waals surface area contributed by atoms with Gasteiger partial charge in [0.25, 0.3) is 0 Å². The Morgan fingerprint density at radius 2 is 1.89 bits per heavy atom. The summed E-state index contributed by atoms with van der Waals surface area (Å²) in [4.78, 5) is 14.8. The van der Waals surface area contributed by atoms with E-state index in [2.05, 4.69) is 16.3 Å². The van der Waals surface area contributed by atoms with Crippen molar-refractivity contribution in [3.8, 4) is 11.4 Å².